The molecule has 0 aliphatic rings. The van der Waals surface area contributed by atoms with Crippen LogP contribution in [-0.2, 0) is 16.0 Å². The molecule has 26 heavy (non-hydrogen) atoms. The molecule has 0 bridgehead atoms. The summed E-state index contributed by atoms with van der Waals surface area (Å²) in [5.74, 6) is -0.719. The maximum absolute atomic E-state index is 12.2. The number of benzene rings is 1. The average molecular weight is 389 g/mol. The van der Waals surface area contributed by atoms with Gasteiger partial charge in [-0.1, -0.05) is 29.8 Å². The van der Waals surface area contributed by atoms with E-state index in [4.69, 9.17) is 16.3 Å². The molecule has 0 saturated heterocycles. The van der Waals surface area contributed by atoms with Crippen LogP contribution in [0.15, 0.2) is 42.5 Å². The van der Waals surface area contributed by atoms with Crippen molar-refractivity contribution in [1.29, 1.82) is 0 Å². The van der Waals surface area contributed by atoms with E-state index in [2.05, 4.69) is 5.10 Å². The van der Waals surface area contributed by atoms with E-state index in [-0.39, 0.29) is 18.8 Å². The van der Waals surface area contributed by atoms with E-state index in [1.807, 2.05) is 44.2 Å². The van der Waals surface area contributed by atoms with Gasteiger partial charge in [0.1, 0.15) is 0 Å². The number of carbonyl (C=O) groups is 2. The number of para-hydroxylation sites is 1. The number of thiophene rings is 1. The van der Waals surface area contributed by atoms with Crippen molar-refractivity contribution in [3.63, 3.8) is 0 Å². The molecular formula is C19H17ClN2O3S. The summed E-state index contributed by atoms with van der Waals surface area (Å²) in [6.45, 7) is 3.48. The minimum absolute atomic E-state index is 0.0724. The van der Waals surface area contributed by atoms with Crippen molar-refractivity contribution < 1.29 is 14.3 Å². The van der Waals surface area contributed by atoms with Crippen molar-refractivity contribution in [2.45, 2.75) is 20.3 Å². The molecule has 2 aromatic heterocycles. The summed E-state index contributed by atoms with van der Waals surface area (Å²) >= 11 is 6.98. The van der Waals surface area contributed by atoms with Gasteiger partial charge in [-0.3, -0.25) is 9.59 Å². The SMILES string of the molecule is Cc1nn(-c2ccccc2)c(C)c1CC(=O)OCC(=O)c1ccc(Cl)s1. The topological polar surface area (TPSA) is 61.2 Å². The Balaban J connectivity index is 1.66. The normalized spacial score (nSPS) is 10.7. The molecule has 0 fully saturated rings. The highest BCUT2D eigenvalue weighted by Gasteiger charge is 2.18. The van der Waals surface area contributed by atoms with Gasteiger partial charge < -0.3 is 4.74 Å². The number of ether oxygens (including phenoxy) is 1. The number of ketones is 1. The van der Waals surface area contributed by atoms with Crippen LogP contribution in [0.25, 0.3) is 5.69 Å². The Labute approximate surface area is 160 Å². The van der Waals surface area contributed by atoms with Gasteiger partial charge in [-0.25, -0.2) is 4.68 Å². The van der Waals surface area contributed by atoms with Gasteiger partial charge in [-0.2, -0.15) is 5.10 Å². The lowest BCUT2D eigenvalue weighted by atomic mass is 10.1. The number of esters is 1. The first-order chi connectivity index (χ1) is 12.5. The molecule has 0 radical (unpaired) electrons. The molecule has 134 valence electrons. The maximum Gasteiger partial charge on any atom is 0.310 e. The van der Waals surface area contributed by atoms with Gasteiger partial charge in [0.15, 0.2) is 6.61 Å². The molecule has 0 N–H and O–H groups in total. The van der Waals surface area contributed by atoms with Crippen LogP contribution in [0.4, 0.5) is 0 Å². The number of hydrogen-bond donors (Lipinski definition) is 0. The Hall–Kier alpha value is -2.44. The van der Waals surface area contributed by atoms with Crippen LogP contribution in [0.2, 0.25) is 4.34 Å². The lowest BCUT2D eigenvalue weighted by Crippen LogP contribution is -2.15. The highest BCUT2D eigenvalue weighted by Crippen LogP contribution is 2.22. The standard InChI is InChI=1S/C19H17ClN2O3S/c1-12-15(13(2)22(21-12)14-6-4-3-5-7-14)10-19(24)25-11-16(23)17-8-9-18(20)26-17/h3-9H,10-11H2,1-2H3. The van der Waals surface area contributed by atoms with E-state index in [0.29, 0.717) is 9.21 Å². The second kappa shape index (κ2) is 7.85. The Morgan fingerprint density at radius 3 is 2.54 bits per heavy atom. The Morgan fingerprint density at radius 1 is 1.15 bits per heavy atom. The third-order valence-electron chi connectivity index (χ3n) is 3.98. The second-order valence-electron chi connectivity index (χ2n) is 5.76. The van der Waals surface area contributed by atoms with Crippen molar-refractivity contribution in [1.82, 2.24) is 9.78 Å². The number of hydrogen-bond acceptors (Lipinski definition) is 5. The minimum atomic E-state index is -0.459. The van der Waals surface area contributed by atoms with Crippen molar-refractivity contribution >= 4 is 34.7 Å². The van der Waals surface area contributed by atoms with Crippen LogP contribution in [0.5, 0.6) is 0 Å². The van der Waals surface area contributed by atoms with E-state index in [1.165, 1.54) is 11.3 Å². The third-order valence-corrected chi connectivity index (χ3v) is 5.25. The van der Waals surface area contributed by atoms with Crippen LogP contribution in [0, 0.1) is 13.8 Å². The second-order valence-corrected chi connectivity index (χ2v) is 7.48. The molecule has 3 rings (SSSR count). The Morgan fingerprint density at radius 2 is 1.88 bits per heavy atom. The molecule has 2 heterocycles. The summed E-state index contributed by atoms with van der Waals surface area (Å²) in [6.07, 6.45) is 0.0724. The van der Waals surface area contributed by atoms with E-state index < -0.39 is 5.97 Å². The van der Waals surface area contributed by atoms with Crippen molar-refractivity contribution in [3.8, 4) is 5.69 Å². The highest BCUT2D eigenvalue weighted by molar-refractivity contribution is 7.18. The fourth-order valence-electron chi connectivity index (χ4n) is 2.63. The van der Waals surface area contributed by atoms with Crippen molar-refractivity contribution in [2.24, 2.45) is 0 Å². The number of halogens is 1. The summed E-state index contributed by atoms with van der Waals surface area (Å²) in [4.78, 5) is 24.6. The molecule has 0 unspecified atom stereocenters. The molecule has 5 nitrogen and oxygen atoms in total. The summed E-state index contributed by atoms with van der Waals surface area (Å²) < 4.78 is 7.46. The number of carbonyl (C=O) groups excluding carboxylic acids is 2. The third kappa shape index (κ3) is 4.03. The summed E-state index contributed by atoms with van der Waals surface area (Å²) in [6, 6.07) is 13.0. The van der Waals surface area contributed by atoms with E-state index in [1.54, 1.807) is 16.8 Å². The molecule has 7 heteroatoms. The summed E-state index contributed by atoms with van der Waals surface area (Å²) in [5.41, 5.74) is 3.38. The minimum Gasteiger partial charge on any atom is -0.457 e. The zero-order valence-electron chi connectivity index (χ0n) is 14.4. The maximum atomic E-state index is 12.2. The molecule has 0 atom stereocenters. The van der Waals surface area contributed by atoms with E-state index in [9.17, 15) is 9.59 Å². The van der Waals surface area contributed by atoms with Gasteiger partial charge >= 0.3 is 5.97 Å². The highest BCUT2D eigenvalue weighted by atomic mass is 35.5. The van der Waals surface area contributed by atoms with Gasteiger partial charge in [-0.05, 0) is 38.1 Å². The largest absolute Gasteiger partial charge is 0.457 e. The lowest BCUT2D eigenvalue weighted by molar-refractivity contribution is -0.141. The lowest BCUT2D eigenvalue weighted by Gasteiger charge is -2.06. The van der Waals surface area contributed by atoms with Crippen LogP contribution in [0.3, 0.4) is 0 Å². The van der Waals surface area contributed by atoms with Crippen LogP contribution >= 0.6 is 22.9 Å². The smallest absolute Gasteiger partial charge is 0.310 e. The van der Waals surface area contributed by atoms with Gasteiger partial charge in [0.2, 0.25) is 5.78 Å². The zero-order valence-corrected chi connectivity index (χ0v) is 15.9. The van der Waals surface area contributed by atoms with Crippen molar-refractivity contribution in [2.75, 3.05) is 6.61 Å². The average Bonchev–Trinajstić information content (AvgIpc) is 3.19. The number of Topliss-reactive ketones (excluding diaryl/α,β-unsaturated/α-hetero) is 1. The quantitative estimate of drug-likeness (QED) is 0.469. The zero-order chi connectivity index (χ0) is 18.7. The fraction of sp³-hybridized carbons (Fsp3) is 0.211. The molecule has 1 aromatic carbocycles. The Kier molecular flexibility index (Phi) is 5.54. The van der Waals surface area contributed by atoms with Gasteiger partial charge in [0, 0.05) is 11.3 Å². The first kappa shape index (κ1) is 18.4. The first-order valence-electron chi connectivity index (χ1n) is 8.00. The molecule has 0 aliphatic carbocycles. The van der Waals surface area contributed by atoms with E-state index >= 15 is 0 Å². The number of nitrogens with zero attached hydrogens (tertiary/aromatic N) is 2. The fourth-order valence-corrected chi connectivity index (χ4v) is 3.60. The van der Waals surface area contributed by atoms with Gasteiger partial charge in [0.05, 0.1) is 27.0 Å². The van der Waals surface area contributed by atoms with Crippen LogP contribution < -0.4 is 0 Å². The predicted molar refractivity (Wildman–Crippen MR) is 101 cm³/mol. The van der Waals surface area contributed by atoms with Crippen LogP contribution in [0.1, 0.15) is 26.6 Å². The molecule has 0 saturated carbocycles. The van der Waals surface area contributed by atoms with Crippen molar-refractivity contribution in [3.05, 3.63) is 68.6 Å². The molecule has 0 amide bonds. The monoisotopic (exact) mass is 388 g/mol. The summed E-state index contributed by atoms with van der Waals surface area (Å²) in [7, 11) is 0. The molecular weight excluding hydrogens is 372 g/mol. The van der Waals surface area contributed by atoms with Crippen LogP contribution in [-0.4, -0.2) is 28.1 Å². The molecule has 0 spiro atoms. The number of rotatable bonds is 6. The van der Waals surface area contributed by atoms with E-state index in [0.717, 1.165) is 22.6 Å². The number of aromatic nitrogens is 2. The van der Waals surface area contributed by atoms with Gasteiger partial charge in [-0.15, -0.1) is 11.3 Å². The molecule has 0 aliphatic heterocycles. The van der Waals surface area contributed by atoms with Gasteiger partial charge in [0.25, 0.3) is 0 Å². The number of aryl methyl sites for hydroxylation is 1. The summed E-state index contributed by atoms with van der Waals surface area (Å²) in [5, 5.41) is 4.51. The Bertz CT molecular complexity index is 947. The molecule has 3 aromatic rings. The predicted octanol–water partition coefficient (Wildman–Crippen LogP) is 4.17. The first-order valence-corrected chi connectivity index (χ1v) is 9.20.